The molecule has 1 heterocycles. The number of carbonyl (C=O) groups is 1. The molecule has 92 valence electrons. The van der Waals surface area contributed by atoms with Crippen molar-refractivity contribution in [2.45, 2.75) is 33.1 Å². The molecule has 0 saturated heterocycles. The quantitative estimate of drug-likeness (QED) is 0.750. The number of esters is 1. The molecule has 0 amide bonds. The van der Waals surface area contributed by atoms with Gasteiger partial charge >= 0.3 is 5.97 Å². The van der Waals surface area contributed by atoms with E-state index in [1.54, 1.807) is 6.92 Å². The fourth-order valence-electron chi connectivity index (χ4n) is 1.48. The maximum atomic E-state index is 11.9. The van der Waals surface area contributed by atoms with E-state index in [1.165, 1.54) is 0 Å². The average Bonchev–Trinajstić information content (AvgIpc) is 2.30. The first kappa shape index (κ1) is 13.4. The Morgan fingerprint density at radius 2 is 2.18 bits per heavy atom. The van der Waals surface area contributed by atoms with Crippen LogP contribution in [-0.2, 0) is 14.9 Å². The van der Waals surface area contributed by atoms with Crippen LogP contribution in [0.3, 0.4) is 0 Å². The lowest BCUT2D eigenvalue weighted by molar-refractivity contribution is -0.148. The van der Waals surface area contributed by atoms with E-state index in [0.717, 1.165) is 11.4 Å². The van der Waals surface area contributed by atoms with Crippen LogP contribution in [0.1, 0.15) is 39.1 Å². The van der Waals surface area contributed by atoms with Gasteiger partial charge in [0.15, 0.2) is 0 Å². The second-order valence-corrected chi connectivity index (χ2v) is 4.29. The van der Waals surface area contributed by atoms with Gasteiger partial charge in [0.2, 0.25) is 0 Å². The van der Waals surface area contributed by atoms with E-state index in [0.29, 0.717) is 6.61 Å². The molecule has 3 heteroatoms. The van der Waals surface area contributed by atoms with Gasteiger partial charge in [0.05, 0.1) is 18.0 Å². The van der Waals surface area contributed by atoms with E-state index in [4.69, 9.17) is 4.74 Å². The summed E-state index contributed by atoms with van der Waals surface area (Å²) in [5, 5.41) is 0. The maximum Gasteiger partial charge on any atom is 0.317 e. The molecule has 0 bridgehead atoms. The summed E-state index contributed by atoms with van der Waals surface area (Å²) in [4.78, 5) is 16.3. The predicted octanol–water partition coefficient (Wildman–Crippen LogP) is 2.96. The molecule has 0 saturated carbocycles. The van der Waals surface area contributed by atoms with Gasteiger partial charge in [-0.2, -0.15) is 0 Å². The van der Waals surface area contributed by atoms with Crippen molar-refractivity contribution in [1.82, 2.24) is 4.98 Å². The van der Waals surface area contributed by atoms with Crippen molar-refractivity contribution in [3.63, 3.8) is 0 Å². The van der Waals surface area contributed by atoms with E-state index in [9.17, 15) is 4.79 Å². The molecule has 1 rings (SSSR count). The van der Waals surface area contributed by atoms with E-state index < -0.39 is 5.41 Å². The standard InChI is InChI=1S/C14H19NO2/c1-5-8-11-9-7-10-12(15-11)14(3,4)13(16)17-6-2/h5,7-10H,6H2,1-4H3/b8-5+. The van der Waals surface area contributed by atoms with Crippen LogP contribution in [0.5, 0.6) is 0 Å². The summed E-state index contributed by atoms with van der Waals surface area (Å²) < 4.78 is 5.06. The summed E-state index contributed by atoms with van der Waals surface area (Å²) in [6, 6.07) is 5.66. The van der Waals surface area contributed by atoms with Crippen LogP contribution in [0.2, 0.25) is 0 Å². The summed E-state index contributed by atoms with van der Waals surface area (Å²) in [6.45, 7) is 7.78. The molecule has 0 aromatic carbocycles. The topological polar surface area (TPSA) is 39.2 Å². The molecule has 0 aliphatic carbocycles. The molecule has 1 aromatic heterocycles. The molecule has 3 nitrogen and oxygen atoms in total. The molecule has 1 aromatic rings. The normalized spacial score (nSPS) is 11.8. The molecule has 0 atom stereocenters. The molecule has 0 radical (unpaired) electrons. The van der Waals surface area contributed by atoms with Gasteiger partial charge in [-0.3, -0.25) is 9.78 Å². The van der Waals surface area contributed by atoms with Crippen LogP contribution in [0.4, 0.5) is 0 Å². The molecule has 0 aliphatic rings. The monoisotopic (exact) mass is 233 g/mol. The Balaban J connectivity index is 3.05. The van der Waals surface area contributed by atoms with Gasteiger partial charge in [0, 0.05) is 0 Å². The van der Waals surface area contributed by atoms with Crippen molar-refractivity contribution in [1.29, 1.82) is 0 Å². The van der Waals surface area contributed by atoms with Gasteiger partial charge in [-0.1, -0.05) is 12.1 Å². The number of carbonyl (C=O) groups excluding carboxylic acids is 1. The molecular weight excluding hydrogens is 214 g/mol. The minimum atomic E-state index is -0.715. The third-order valence-electron chi connectivity index (χ3n) is 2.53. The SMILES string of the molecule is C/C=C/c1cccc(C(C)(C)C(=O)OCC)n1. The van der Waals surface area contributed by atoms with Crippen molar-refractivity contribution in [2.24, 2.45) is 0 Å². The zero-order valence-electron chi connectivity index (χ0n) is 10.9. The Labute approximate surface area is 103 Å². The van der Waals surface area contributed by atoms with Gasteiger partial charge in [-0.25, -0.2) is 0 Å². The summed E-state index contributed by atoms with van der Waals surface area (Å²) in [7, 11) is 0. The second kappa shape index (κ2) is 5.62. The lowest BCUT2D eigenvalue weighted by atomic mass is 9.89. The maximum absolute atomic E-state index is 11.9. The lowest BCUT2D eigenvalue weighted by Gasteiger charge is -2.21. The highest BCUT2D eigenvalue weighted by molar-refractivity contribution is 5.81. The smallest absolute Gasteiger partial charge is 0.317 e. The third-order valence-corrected chi connectivity index (χ3v) is 2.53. The molecule has 0 unspecified atom stereocenters. The van der Waals surface area contributed by atoms with Crippen LogP contribution in [0.25, 0.3) is 6.08 Å². The zero-order valence-corrected chi connectivity index (χ0v) is 10.9. The highest BCUT2D eigenvalue weighted by Crippen LogP contribution is 2.23. The highest BCUT2D eigenvalue weighted by atomic mass is 16.5. The number of pyridine rings is 1. The number of nitrogens with zero attached hydrogens (tertiary/aromatic N) is 1. The van der Waals surface area contributed by atoms with Crippen molar-refractivity contribution >= 4 is 12.0 Å². The lowest BCUT2D eigenvalue weighted by Crippen LogP contribution is -2.32. The summed E-state index contributed by atoms with van der Waals surface area (Å²) in [5.41, 5.74) is 0.863. The molecule has 0 aliphatic heterocycles. The highest BCUT2D eigenvalue weighted by Gasteiger charge is 2.32. The first-order valence-corrected chi connectivity index (χ1v) is 5.79. The fraction of sp³-hybridized carbons (Fsp3) is 0.429. The van der Waals surface area contributed by atoms with Crippen molar-refractivity contribution < 1.29 is 9.53 Å². The van der Waals surface area contributed by atoms with Gasteiger partial charge in [-0.05, 0) is 45.9 Å². The van der Waals surface area contributed by atoms with Crippen LogP contribution in [0.15, 0.2) is 24.3 Å². The van der Waals surface area contributed by atoms with Crippen LogP contribution < -0.4 is 0 Å². The number of aromatic nitrogens is 1. The van der Waals surface area contributed by atoms with Crippen LogP contribution in [-0.4, -0.2) is 17.6 Å². The van der Waals surface area contributed by atoms with E-state index in [2.05, 4.69) is 4.98 Å². The molecule has 0 N–H and O–H groups in total. The number of hydrogen-bond donors (Lipinski definition) is 0. The minimum Gasteiger partial charge on any atom is -0.465 e. The van der Waals surface area contributed by atoms with Crippen LogP contribution >= 0.6 is 0 Å². The second-order valence-electron chi connectivity index (χ2n) is 4.29. The third kappa shape index (κ3) is 3.16. The van der Waals surface area contributed by atoms with E-state index >= 15 is 0 Å². The Morgan fingerprint density at radius 3 is 2.76 bits per heavy atom. The van der Waals surface area contributed by atoms with Gasteiger partial charge in [0.1, 0.15) is 5.41 Å². The summed E-state index contributed by atoms with van der Waals surface area (Å²) in [5.74, 6) is -0.245. The average molecular weight is 233 g/mol. The predicted molar refractivity (Wildman–Crippen MR) is 68.6 cm³/mol. The molecule has 17 heavy (non-hydrogen) atoms. The fourth-order valence-corrected chi connectivity index (χ4v) is 1.48. The molecule has 0 spiro atoms. The number of allylic oxidation sites excluding steroid dienone is 1. The van der Waals surface area contributed by atoms with Gasteiger partial charge in [-0.15, -0.1) is 0 Å². The largest absolute Gasteiger partial charge is 0.465 e. The summed E-state index contributed by atoms with van der Waals surface area (Å²) in [6.07, 6.45) is 3.83. The number of ether oxygens (including phenoxy) is 1. The Hall–Kier alpha value is -1.64. The van der Waals surface area contributed by atoms with Crippen molar-refractivity contribution in [2.75, 3.05) is 6.61 Å². The summed E-state index contributed by atoms with van der Waals surface area (Å²) >= 11 is 0. The van der Waals surface area contributed by atoms with Crippen molar-refractivity contribution in [3.8, 4) is 0 Å². The first-order valence-electron chi connectivity index (χ1n) is 5.79. The van der Waals surface area contributed by atoms with E-state index in [-0.39, 0.29) is 5.97 Å². The minimum absolute atomic E-state index is 0.245. The van der Waals surface area contributed by atoms with Gasteiger partial charge < -0.3 is 4.74 Å². The van der Waals surface area contributed by atoms with Gasteiger partial charge in [0.25, 0.3) is 0 Å². The Kier molecular flexibility index (Phi) is 4.44. The number of rotatable bonds is 4. The van der Waals surface area contributed by atoms with E-state index in [1.807, 2.05) is 51.1 Å². The Morgan fingerprint density at radius 1 is 1.47 bits per heavy atom. The first-order chi connectivity index (χ1) is 8.02. The molecule has 0 fully saturated rings. The van der Waals surface area contributed by atoms with Crippen LogP contribution in [0, 0.1) is 0 Å². The number of hydrogen-bond acceptors (Lipinski definition) is 3. The zero-order chi connectivity index (χ0) is 12.9. The Bertz CT molecular complexity index is 422. The molecular formula is C14H19NO2. The van der Waals surface area contributed by atoms with Crippen molar-refractivity contribution in [3.05, 3.63) is 35.7 Å².